The second-order valence-corrected chi connectivity index (χ2v) is 9.98. The lowest BCUT2D eigenvalue weighted by atomic mass is 9.49. The number of hydrogen-bond acceptors (Lipinski definition) is 4. The van der Waals surface area contributed by atoms with Crippen molar-refractivity contribution < 1.29 is 19.1 Å². The summed E-state index contributed by atoms with van der Waals surface area (Å²) in [5, 5.41) is 4.85. The molecule has 140 valence electrons. The number of halogens is 1. The summed E-state index contributed by atoms with van der Waals surface area (Å²) in [5.41, 5.74) is -0.452. The molecule has 3 amide bonds. The molecule has 0 spiro atoms. The molecule has 0 unspecified atom stereocenters. The number of hydrogen-bond donors (Lipinski definition) is 2. The summed E-state index contributed by atoms with van der Waals surface area (Å²) in [6.07, 6.45) is 6.78. The second kappa shape index (κ2) is 6.89. The fraction of sp³-hybridized carbons (Fsp3) is 0.833. The third kappa shape index (κ3) is 4.01. The lowest BCUT2D eigenvalue weighted by molar-refractivity contribution is -0.171. The van der Waals surface area contributed by atoms with Crippen LogP contribution in [-0.4, -0.2) is 34.9 Å². The number of alkyl halides is 1. The van der Waals surface area contributed by atoms with Crippen molar-refractivity contribution in [3.05, 3.63) is 0 Å². The van der Waals surface area contributed by atoms with Gasteiger partial charge in [-0.25, -0.2) is 4.79 Å². The number of esters is 1. The van der Waals surface area contributed by atoms with Crippen molar-refractivity contribution in [2.45, 2.75) is 69.2 Å². The number of imide groups is 1. The van der Waals surface area contributed by atoms with E-state index in [0.717, 1.165) is 38.5 Å². The molecule has 4 rings (SSSR count). The molecule has 4 aliphatic carbocycles. The first-order valence-corrected chi connectivity index (χ1v) is 9.99. The fourth-order valence-electron chi connectivity index (χ4n) is 5.20. The first-order valence-electron chi connectivity index (χ1n) is 9.20. The molecule has 6 nitrogen and oxygen atoms in total. The lowest BCUT2D eigenvalue weighted by Crippen LogP contribution is -2.56. The molecular weight excluding hydrogens is 388 g/mol. The normalized spacial score (nSPS) is 36.6. The fourth-order valence-corrected chi connectivity index (χ4v) is 6.65. The first kappa shape index (κ1) is 18.7. The Morgan fingerprint density at radius 2 is 1.84 bits per heavy atom. The van der Waals surface area contributed by atoms with Crippen LogP contribution >= 0.6 is 15.9 Å². The molecule has 4 fully saturated rings. The smallest absolute Gasteiger partial charge is 0.321 e. The molecule has 0 aromatic carbocycles. The van der Waals surface area contributed by atoms with Gasteiger partial charge < -0.3 is 10.1 Å². The summed E-state index contributed by atoms with van der Waals surface area (Å²) in [5.74, 6) is 0.280. The van der Waals surface area contributed by atoms with Gasteiger partial charge in [-0.1, -0.05) is 22.9 Å². The number of urea groups is 1. The zero-order valence-corrected chi connectivity index (χ0v) is 16.5. The predicted octanol–water partition coefficient (Wildman–Crippen LogP) is 2.89. The molecule has 2 N–H and O–H groups in total. The first-order chi connectivity index (χ1) is 11.7. The average molecular weight is 415 g/mol. The van der Waals surface area contributed by atoms with E-state index >= 15 is 0 Å². The van der Waals surface area contributed by atoms with Gasteiger partial charge in [0.1, 0.15) is 0 Å². The number of amides is 3. The van der Waals surface area contributed by atoms with E-state index in [1.165, 1.54) is 6.42 Å². The molecule has 4 bridgehead atoms. The van der Waals surface area contributed by atoms with Gasteiger partial charge in [0, 0.05) is 10.4 Å². The van der Waals surface area contributed by atoms with Gasteiger partial charge in [-0.05, 0) is 63.7 Å². The van der Waals surface area contributed by atoms with Gasteiger partial charge >= 0.3 is 12.0 Å². The van der Waals surface area contributed by atoms with E-state index < -0.39 is 24.0 Å². The summed E-state index contributed by atoms with van der Waals surface area (Å²) in [4.78, 5) is 36.2. The zero-order chi connectivity index (χ0) is 18.2. The molecule has 3 atom stereocenters. The van der Waals surface area contributed by atoms with Gasteiger partial charge in [0.15, 0.2) is 6.61 Å². The molecular formula is C18H27BrN2O4. The Morgan fingerprint density at radius 1 is 1.20 bits per heavy atom. The van der Waals surface area contributed by atoms with Crippen LogP contribution in [-0.2, 0) is 14.3 Å². The van der Waals surface area contributed by atoms with Crippen LogP contribution in [0.25, 0.3) is 0 Å². The minimum absolute atomic E-state index is 0.0162. The van der Waals surface area contributed by atoms with Crippen molar-refractivity contribution in [3.63, 3.8) is 0 Å². The Kier molecular flexibility index (Phi) is 5.15. The van der Waals surface area contributed by atoms with Crippen LogP contribution < -0.4 is 10.6 Å². The van der Waals surface area contributed by atoms with Crippen LogP contribution in [0.15, 0.2) is 0 Å². The van der Waals surface area contributed by atoms with E-state index in [1.54, 1.807) is 0 Å². The monoisotopic (exact) mass is 414 g/mol. The maximum atomic E-state index is 12.7. The highest BCUT2D eigenvalue weighted by Crippen LogP contribution is 2.64. The maximum Gasteiger partial charge on any atom is 0.321 e. The topological polar surface area (TPSA) is 84.5 Å². The Balaban J connectivity index is 1.51. The van der Waals surface area contributed by atoms with E-state index in [0.29, 0.717) is 11.8 Å². The van der Waals surface area contributed by atoms with E-state index in [4.69, 9.17) is 4.74 Å². The molecule has 7 heteroatoms. The van der Waals surface area contributed by atoms with Crippen molar-refractivity contribution in [1.82, 2.24) is 10.6 Å². The van der Waals surface area contributed by atoms with Crippen LogP contribution in [0.4, 0.5) is 4.79 Å². The highest BCUT2D eigenvalue weighted by Gasteiger charge is 2.60. The van der Waals surface area contributed by atoms with Gasteiger partial charge in [0.25, 0.3) is 5.91 Å². The minimum Gasteiger partial charge on any atom is -0.455 e. The average Bonchev–Trinajstić information content (AvgIpc) is 2.49. The molecule has 0 aromatic heterocycles. The summed E-state index contributed by atoms with van der Waals surface area (Å²) >= 11 is 3.86. The molecule has 0 heterocycles. The highest BCUT2D eigenvalue weighted by molar-refractivity contribution is 9.10. The van der Waals surface area contributed by atoms with E-state index in [1.807, 2.05) is 13.8 Å². The van der Waals surface area contributed by atoms with Crippen LogP contribution in [0.3, 0.4) is 0 Å². The molecule has 0 saturated heterocycles. The SMILES string of the molecule is CC[C@@H](C)NC(=O)NC(=O)COC(=O)C12C[C@@H]3C[C@H](CC(Br)(C3)C1)C2. The van der Waals surface area contributed by atoms with Gasteiger partial charge in [0.2, 0.25) is 0 Å². The van der Waals surface area contributed by atoms with Crippen molar-refractivity contribution in [1.29, 1.82) is 0 Å². The van der Waals surface area contributed by atoms with Crippen molar-refractivity contribution in [2.75, 3.05) is 6.61 Å². The molecule has 4 saturated carbocycles. The van der Waals surface area contributed by atoms with E-state index in [9.17, 15) is 14.4 Å². The van der Waals surface area contributed by atoms with Crippen LogP contribution in [0.5, 0.6) is 0 Å². The minimum atomic E-state index is -0.590. The standard InChI is InChI=1S/C18H27BrN2O4/c1-3-11(2)20-16(24)21-14(22)9-25-15(23)17-5-12-4-13(6-17)8-18(19,7-12)10-17/h11-13H,3-10H2,1-2H3,(H2,20,21,22,24)/t11-,12+,13+,17?,18?/m1/s1. The Bertz CT molecular complexity index is 565. The second-order valence-electron chi connectivity index (χ2n) is 8.30. The van der Waals surface area contributed by atoms with Crippen LogP contribution in [0, 0.1) is 17.3 Å². The van der Waals surface area contributed by atoms with Crippen molar-refractivity contribution in [3.8, 4) is 0 Å². The lowest BCUT2D eigenvalue weighted by Gasteiger charge is -2.58. The Morgan fingerprint density at radius 3 is 2.40 bits per heavy atom. The molecule has 4 aliphatic rings. The number of carbonyl (C=O) groups is 3. The highest BCUT2D eigenvalue weighted by atomic mass is 79.9. The number of rotatable bonds is 5. The van der Waals surface area contributed by atoms with Gasteiger partial charge in [-0.2, -0.15) is 0 Å². The molecule has 0 aromatic rings. The number of nitrogens with one attached hydrogen (secondary N) is 2. The Labute approximate surface area is 156 Å². The molecule has 25 heavy (non-hydrogen) atoms. The third-order valence-electron chi connectivity index (χ3n) is 6.00. The van der Waals surface area contributed by atoms with E-state index in [2.05, 4.69) is 26.6 Å². The summed E-state index contributed by atoms with van der Waals surface area (Å²) < 4.78 is 5.38. The van der Waals surface area contributed by atoms with Crippen molar-refractivity contribution >= 4 is 33.8 Å². The van der Waals surface area contributed by atoms with E-state index in [-0.39, 0.29) is 16.3 Å². The van der Waals surface area contributed by atoms with Gasteiger partial charge in [-0.15, -0.1) is 0 Å². The third-order valence-corrected chi connectivity index (χ3v) is 6.93. The van der Waals surface area contributed by atoms with Gasteiger partial charge in [0.05, 0.1) is 5.41 Å². The van der Waals surface area contributed by atoms with Crippen LogP contribution in [0.1, 0.15) is 58.8 Å². The molecule has 0 aliphatic heterocycles. The predicted molar refractivity (Wildman–Crippen MR) is 96.2 cm³/mol. The largest absolute Gasteiger partial charge is 0.455 e. The number of ether oxygens (including phenoxy) is 1. The van der Waals surface area contributed by atoms with Crippen molar-refractivity contribution in [2.24, 2.45) is 17.3 Å². The quantitative estimate of drug-likeness (QED) is 0.534. The zero-order valence-electron chi connectivity index (χ0n) is 14.9. The number of carbonyl (C=O) groups excluding carboxylic acids is 3. The summed E-state index contributed by atoms with van der Waals surface area (Å²) in [6.45, 7) is 3.39. The summed E-state index contributed by atoms with van der Waals surface area (Å²) in [6, 6.07) is -0.567. The summed E-state index contributed by atoms with van der Waals surface area (Å²) in [7, 11) is 0. The molecule has 0 radical (unpaired) electrons. The maximum absolute atomic E-state index is 12.7. The van der Waals surface area contributed by atoms with Gasteiger partial charge in [-0.3, -0.25) is 14.9 Å². The van der Waals surface area contributed by atoms with Crippen LogP contribution in [0.2, 0.25) is 0 Å². The Hall–Kier alpha value is -1.11.